The molecule has 0 fully saturated rings. The first-order valence-electron chi connectivity index (χ1n) is 18.1. The van der Waals surface area contributed by atoms with E-state index in [-0.39, 0.29) is 5.41 Å². The van der Waals surface area contributed by atoms with Crippen molar-refractivity contribution in [2.75, 3.05) is 0 Å². The second-order valence-corrected chi connectivity index (χ2v) is 15.8. The number of hydrogen-bond acceptors (Lipinski definition) is 2. The maximum absolute atomic E-state index is 6.58. The Morgan fingerprint density at radius 2 is 1.23 bits per heavy atom. The molecule has 1 nitrogen and oxygen atoms in total. The molecule has 0 saturated heterocycles. The van der Waals surface area contributed by atoms with Crippen molar-refractivity contribution in [3.8, 4) is 0 Å². The molecule has 0 saturated carbocycles. The van der Waals surface area contributed by atoms with Gasteiger partial charge in [-0.1, -0.05) is 161 Å². The zero-order valence-electron chi connectivity index (χ0n) is 29.8. The summed E-state index contributed by atoms with van der Waals surface area (Å²) < 4.78 is 9.10. The van der Waals surface area contributed by atoms with Crippen LogP contribution in [0.3, 0.4) is 0 Å². The molecular formula is C51H36OS. The van der Waals surface area contributed by atoms with Crippen LogP contribution in [0.2, 0.25) is 0 Å². The van der Waals surface area contributed by atoms with Gasteiger partial charge in [-0.25, -0.2) is 0 Å². The van der Waals surface area contributed by atoms with Crippen LogP contribution >= 0.6 is 11.3 Å². The Labute approximate surface area is 312 Å². The molecule has 1 aliphatic rings. The fraction of sp³-hybridized carbons (Fsp3) is 0.0588. The van der Waals surface area contributed by atoms with Gasteiger partial charge in [-0.15, -0.1) is 11.3 Å². The molecule has 53 heavy (non-hydrogen) atoms. The molecule has 0 atom stereocenters. The monoisotopic (exact) mass is 696 g/mol. The van der Waals surface area contributed by atoms with Gasteiger partial charge in [0.05, 0.1) is 0 Å². The number of allylic oxidation sites excluding steroid dienone is 6. The third-order valence-corrected chi connectivity index (χ3v) is 12.3. The molecule has 2 heterocycles. The van der Waals surface area contributed by atoms with E-state index < -0.39 is 0 Å². The molecule has 0 amide bonds. The van der Waals surface area contributed by atoms with E-state index in [0.29, 0.717) is 5.42 Å². The number of thiophene rings is 1. The lowest BCUT2D eigenvalue weighted by molar-refractivity contribution is 0.580. The molecule has 10 rings (SSSR count). The maximum Gasteiger partial charge on any atom is 0.144 e. The SMILES string of the molecule is C=C(/C=C\C1=CC(C)(C)c2ccccc21)c1c2ccccc2c(C(=C)/C=c2\c(=C)oc3c2ccc2ccc4c5ccccc5sc4c23)c2ccccc12. The van der Waals surface area contributed by atoms with Crippen molar-refractivity contribution in [3.63, 3.8) is 0 Å². The van der Waals surface area contributed by atoms with Gasteiger partial charge in [-0.05, 0) is 84.1 Å². The number of fused-ring (bicyclic) bond motifs is 10. The van der Waals surface area contributed by atoms with Crippen molar-refractivity contribution in [3.05, 3.63) is 186 Å². The Morgan fingerprint density at radius 3 is 1.92 bits per heavy atom. The zero-order valence-corrected chi connectivity index (χ0v) is 30.6. The molecule has 0 radical (unpaired) electrons. The summed E-state index contributed by atoms with van der Waals surface area (Å²) >= 11 is 1.82. The summed E-state index contributed by atoms with van der Waals surface area (Å²) in [6.07, 6.45) is 8.95. The highest BCUT2D eigenvalue weighted by atomic mass is 32.1. The molecule has 0 unspecified atom stereocenters. The van der Waals surface area contributed by atoms with Crippen LogP contribution in [0.5, 0.6) is 0 Å². The summed E-state index contributed by atoms with van der Waals surface area (Å²) in [5.41, 5.74) is 9.51. The normalized spacial score (nSPS) is 14.4. The third kappa shape index (κ3) is 4.76. The summed E-state index contributed by atoms with van der Waals surface area (Å²) in [5, 5.41) is 11.4. The quantitative estimate of drug-likeness (QED) is 0.129. The summed E-state index contributed by atoms with van der Waals surface area (Å²) in [6, 6.07) is 43.4. The van der Waals surface area contributed by atoms with E-state index in [0.717, 1.165) is 70.8 Å². The highest BCUT2D eigenvalue weighted by Gasteiger charge is 2.28. The van der Waals surface area contributed by atoms with E-state index >= 15 is 0 Å². The van der Waals surface area contributed by atoms with Crippen LogP contribution in [0.4, 0.5) is 0 Å². The zero-order chi connectivity index (χ0) is 36.0. The van der Waals surface area contributed by atoms with Gasteiger partial charge in [-0.3, -0.25) is 0 Å². The first-order valence-corrected chi connectivity index (χ1v) is 18.9. The molecule has 1 aliphatic carbocycles. The first-order chi connectivity index (χ1) is 25.8. The summed E-state index contributed by atoms with van der Waals surface area (Å²) in [4.78, 5) is 0. The van der Waals surface area contributed by atoms with Gasteiger partial charge in [0.15, 0.2) is 0 Å². The largest absolute Gasteiger partial charge is 0.456 e. The van der Waals surface area contributed by atoms with E-state index in [4.69, 9.17) is 11.0 Å². The van der Waals surface area contributed by atoms with E-state index in [1.54, 1.807) is 0 Å². The van der Waals surface area contributed by atoms with Crippen LogP contribution in [-0.2, 0) is 5.41 Å². The van der Waals surface area contributed by atoms with Gasteiger partial charge in [0.2, 0.25) is 0 Å². The smallest absolute Gasteiger partial charge is 0.144 e. The van der Waals surface area contributed by atoms with Crippen molar-refractivity contribution in [1.29, 1.82) is 0 Å². The van der Waals surface area contributed by atoms with Crippen LogP contribution in [-0.4, -0.2) is 0 Å². The molecule has 252 valence electrons. The number of rotatable bonds is 5. The molecular weight excluding hydrogens is 661 g/mol. The Balaban J connectivity index is 1.14. The Morgan fingerprint density at radius 1 is 0.642 bits per heavy atom. The molecule has 9 aromatic rings. The highest BCUT2D eigenvalue weighted by molar-refractivity contribution is 7.26. The lowest BCUT2D eigenvalue weighted by Gasteiger charge is -2.17. The molecule has 0 aliphatic heterocycles. The lowest BCUT2D eigenvalue weighted by atomic mass is 9.86. The Hall–Kier alpha value is -6.22. The van der Waals surface area contributed by atoms with Gasteiger partial charge in [0.1, 0.15) is 11.0 Å². The maximum atomic E-state index is 6.58. The minimum absolute atomic E-state index is 0.0123. The van der Waals surface area contributed by atoms with E-state index in [1.165, 1.54) is 36.9 Å². The van der Waals surface area contributed by atoms with Gasteiger partial charge in [0.25, 0.3) is 0 Å². The van der Waals surface area contributed by atoms with Gasteiger partial charge in [-0.2, -0.15) is 0 Å². The number of hydrogen-bond donors (Lipinski definition) is 0. The Bertz CT molecular complexity index is 3190. The van der Waals surface area contributed by atoms with Crippen LogP contribution in [0.1, 0.15) is 36.1 Å². The van der Waals surface area contributed by atoms with Crippen LogP contribution < -0.4 is 10.6 Å². The Kier molecular flexibility index (Phi) is 6.92. The molecule has 0 spiro atoms. The third-order valence-electron chi connectivity index (χ3n) is 11.1. The fourth-order valence-electron chi connectivity index (χ4n) is 8.68. The van der Waals surface area contributed by atoms with Crippen molar-refractivity contribution in [2.45, 2.75) is 19.3 Å². The average Bonchev–Trinajstić information content (AvgIpc) is 3.80. The van der Waals surface area contributed by atoms with Crippen molar-refractivity contribution in [2.24, 2.45) is 0 Å². The van der Waals surface area contributed by atoms with Gasteiger partial charge in [0, 0.05) is 41.6 Å². The number of benzene rings is 7. The predicted octanol–water partition coefficient (Wildman–Crippen LogP) is 13.1. The van der Waals surface area contributed by atoms with Crippen LogP contribution in [0.15, 0.2) is 157 Å². The average molecular weight is 697 g/mol. The fourth-order valence-corrected chi connectivity index (χ4v) is 9.94. The van der Waals surface area contributed by atoms with E-state index in [2.05, 4.69) is 173 Å². The highest BCUT2D eigenvalue weighted by Crippen LogP contribution is 2.44. The van der Waals surface area contributed by atoms with Crippen molar-refractivity contribution >= 4 is 104 Å². The summed E-state index contributed by atoms with van der Waals surface area (Å²) in [5.74, 6) is 0. The number of furan rings is 1. The standard InChI is InChI=1S/C51H36OS/c1-30(22-23-34-29-51(4,5)44-20-12-10-14-35(34)44)46-37-16-6-8-18-39(37)47(40-19-9-7-17-38(40)46)31(2)28-43-32(3)52-49-41(43)26-24-33-25-27-42-36-15-11-13-21-45(36)53-50(42)48(33)49/h6-29H,1-3H2,4-5H3/b23-22-,43-28+. The van der Waals surface area contributed by atoms with Crippen LogP contribution in [0.25, 0.3) is 92.8 Å². The van der Waals surface area contributed by atoms with Crippen molar-refractivity contribution in [1.82, 2.24) is 0 Å². The van der Waals surface area contributed by atoms with E-state index in [9.17, 15) is 0 Å². The van der Waals surface area contributed by atoms with Gasteiger partial charge >= 0.3 is 0 Å². The van der Waals surface area contributed by atoms with Crippen LogP contribution in [0, 0.1) is 0 Å². The van der Waals surface area contributed by atoms with Crippen molar-refractivity contribution < 1.29 is 4.42 Å². The second kappa shape index (κ2) is 11.6. The molecule has 7 aromatic carbocycles. The predicted molar refractivity (Wildman–Crippen MR) is 232 cm³/mol. The first kappa shape index (κ1) is 31.5. The molecule has 2 heteroatoms. The topological polar surface area (TPSA) is 13.1 Å². The van der Waals surface area contributed by atoms with Gasteiger partial charge < -0.3 is 4.42 Å². The molecule has 2 aromatic heterocycles. The summed E-state index contributed by atoms with van der Waals surface area (Å²) in [7, 11) is 0. The molecule has 0 N–H and O–H groups in total. The molecule has 0 bridgehead atoms. The minimum Gasteiger partial charge on any atom is -0.456 e. The second-order valence-electron chi connectivity index (χ2n) is 14.8. The van der Waals surface area contributed by atoms with E-state index in [1.807, 2.05) is 11.3 Å². The summed E-state index contributed by atoms with van der Waals surface area (Å²) in [6.45, 7) is 18.3. The minimum atomic E-state index is -0.0123. The lowest BCUT2D eigenvalue weighted by Crippen LogP contribution is -2.18.